The van der Waals surface area contributed by atoms with E-state index in [2.05, 4.69) is 31.4 Å². The second-order valence-electron chi connectivity index (χ2n) is 5.79. The molecule has 3 nitrogen and oxygen atoms in total. The van der Waals surface area contributed by atoms with Gasteiger partial charge in [-0.05, 0) is 29.5 Å². The van der Waals surface area contributed by atoms with E-state index in [0.29, 0.717) is 6.54 Å². The minimum Gasteiger partial charge on any atom is -0.384 e. The Morgan fingerprint density at radius 1 is 1.41 bits per heavy atom. The van der Waals surface area contributed by atoms with Crippen molar-refractivity contribution in [3.8, 4) is 0 Å². The third kappa shape index (κ3) is 2.99. The summed E-state index contributed by atoms with van der Waals surface area (Å²) in [6, 6.07) is 5.89. The van der Waals surface area contributed by atoms with Crippen molar-refractivity contribution in [2.24, 2.45) is 5.41 Å². The predicted octanol–water partition coefficient (Wildman–Crippen LogP) is 2.43. The molecule has 2 rings (SSSR count). The molecule has 92 valence electrons. The van der Waals surface area contributed by atoms with Crippen molar-refractivity contribution < 1.29 is 4.79 Å². The molecule has 0 fully saturated rings. The number of hydrogen-bond acceptors (Lipinski definition) is 2. The number of carbonyl (C=O) groups excluding carboxylic acids is 1. The lowest BCUT2D eigenvalue weighted by Crippen LogP contribution is -2.32. The fourth-order valence-corrected chi connectivity index (χ4v) is 1.88. The number of amides is 1. The quantitative estimate of drug-likeness (QED) is 0.822. The Morgan fingerprint density at radius 3 is 2.88 bits per heavy atom. The van der Waals surface area contributed by atoms with Crippen molar-refractivity contribution >= 4 is 11.6 Å². The van der Waals surface area contributed by atoms with E-state index in [9.17, 15) is 4.79 Å². The van der Waals surface area contributed by atoms with Crippen LogP contribution in [-0.2, 0) is 6.42 Å². The average Bonchev–Trinajstić information content (AvgIpc) is 2.71. The molecule has 1 aliphatic heterocycles. The van der Waals surface area contributed by atoms with E-state index in [-0.39, 0.29) is 11.3 Å². The fourth-order valence-electron chi connectivity index (χ4n) is 1.88. The first-order valence-corrected chi connectivity index (χ1v) is 6.11. The van der Waals surface area contributed by atoms with Gasteiger partial charge in [-0.1, -0.05) is 26.8 Å². The number of carbonyl (C=O) groups is 1. The minimum absolute atomic E-state index is 0.0106. The third-order valence-corrected chi connectivity index (χ3v) is 2.86. The molecular formula is C14H20N2O. The van der Waals surface area contributed by atoms with Gasteiger partial charge in [0, 0.05) is 24.3 Å². The van der Waals surface area contributed by atoms with Gasteiger partial charge in [0.1, 0.15) is 0 Å². The summed E-state index contributed by atoms with van der Waals surface area (Å²) in [4.78, 5) is 12.0. The van der Waals surface area contributed by atoms with E-state index < -0.39 is 0 Å². The SMILES string of the molecule is CC(C)(C)CNC(=O)c1ccc2c(c1)NCC2. The van der Waals surface area contributed by atoms with E-state index >= 15 is 0 Å². The predicted molar refractivity (Wildman–Crippen MR) is 70.4 cm³/mol. The number of hydrogen-bond donors (Lipinski definition) is 2. The zero-order valence-corrected chi connectivity index (χ0v) is 10.8. The summed E-state index contributed by atoms with van der Waals surface area (Å²) in [5.74, 6) is 0.0106. The summed E-state index contributed by atoms with van der Waals surface area (Å²) in [5.41, 5.74) is 3.26. The lowest BCUT2D eigenvalue weighted by molar-refractivity contribution is 0.0939. The molecule has 0 bridgehead atoms. The molecule has 0 saturated carbocycles. The first-order valence-electron chi connectivity index (χ1n) is 6.11. The standard InChI is InChI=1S/C14H20N2O/c1-14(2,3)9-16-13(17)11-5-4-10-6-7-15-12(10)8-11/h4-5,8,15H,6-7,9H2,1-3H3,(H,16,17). The molecule has 17 heavy (non-hydrogen) atoms. The number of rotatable bonds is 2. The Labute approximate surface area is 103 Å². The van der Waals surface area contributed by atoms with Crippen LogP contribution in [-0.4, -0.2) is 19.0 Å². The highest BCUT2D eigenvalue weighted by atomic mass is 16.1. The highest BCUT2D eigenvalue weighted by Gasteiger charge is 2.15. The molecule has 0 aliphatic carbocycles. The summed E-state index contributed by atoms with van der Waals surface area (Å²) in [5, 5.41) is 6.25. The first-order chi connectivity index (χ1) is 7.96. The maximum absolute atomic E-state index is 12.0. The van der Waals surface area contributed by atoms with E-state index in [1.807, 2.05) is 18.2 Å². The third-order valence-electron chi connectivity index (χ3n) is 2.86. The minimum atomic E-state index is 0.0106. The van der Waals surface area contributed by atoms with Crippen molar-refractivity contribution in [1.29, 1.82) is 0 Å². The van der Waals surface area contributed by atoms with Crippen LogP contribution in [0, 0.1) is 5.41 Å². The van der Waals surface area contributed by atoms with Gasteiger partial charge in [-0.3, -0.25) is 4.79 Å². The smallest absolute Gasteiger partial charge is 0.251 e. The van der Waals surface area contributed by atoms with Gasteiger partial charge >= 0.3 is 0 Å². The molecule has 1 aliphatic rings. The van der Waals surface area contributed by atoms with Crippen LogP contribution in [0.2, 0.25) is 0 Å². The van der Waals surface area contributed by atoms with Crippen molar-refractivity contribution in [2.45, 2.75) is 27.2 Å². The van der Waals surface area contributed by atoms with Gasteiger partial charge in [0.15, 0.2) is 0 Å². The van der Waals surface area contributed by atoms with E-state index in [1.54, 1.807) is 0 Å². The van der Waals surface area contributed by atoms with Crippen LogP contribution in [0.25, 0.3) is 0 Å². The van der Waals surface area contributed by atoms with Gasteiger partial charge in [0.25, 0.3) is 5.91 Å². The summed E-state index contributed by atoms with van der Waals surface area (Å²) in [6.07, 6.45) is 1.05. The number of fused-ring (bicyclic) bond motifs is 1. The van der Waals surface area contributed by atoms with Crippen molar-refractivity contribution in [3.63, 3.8) is 0 Å². The van der Waals surface area contributed by atoms with Crippen LogP contribution in [0.5, 0.6) is 0 Å². The van der Waals surface area contributed by atoms with Crippen LogP contribution < -0.4 is 10.6 Å². The zero-order chi connectivity index (χ0) is 12.5. The summed E-state index contributed by atoms with van der Waals surface area (Å²) in [6.45, 7) is 7.99. The molecule has 1 aromatic carbocycles. The molecule has 3 heteroatoms. The maximum atomic E-state index is 12.0. The fraction of sp³-hybridized carbons (Fsp3) is 0.500. The van der Waals surface area contributed by atoms with Gasteiger partial charge in [0.05, 0.1) is 0 Å². The average molecular weight is 232 g/mol. The van der Waals surface area contributed by atoms with E-state index in [4.69, 9.17) is 0 Å². The molecule has 2 N–H and O–H groups in total. The van der Waals surface area contributed by atoms with Gasteiger partial charge in [-0.15, -0.1) is 0 Å². The Balaban J connectivity index is 2.05. The molecule has 0 spiro atoms. The van der Waals surface area contributed by atoms with Crippen LogP contribution >= 0.6 is 0 Å². The van der Waals surface area contributed by atoms with Crippen molar-refractivity contribution in [2.75, 3.05) is 18.4 Å². The molecule has 0 saturated heterocycles. The largest absolute Gasteiger partial charge is 0.384 e. The lowest BCUT2D eigenvalue weighted by Gasteiger charge is -2.18. The second-order valence-corrected chi connectivity index (χ2v) is 5.79. The summed E-state index contributed by atoms with van der Waals surface area (Å²) >= 11 is 0. The van der Waals surface area contributed by atoms with Crippen LogP contribution in [0.1, 0.15) is 36.7 Å². The van der Waals surface area contributed by atoms with Crippen molar-refractivity contribution in [3.05, 3.63) is 29.3 Å². The van der Waals surface area contributed by atoms with Crippen LogP contribution in [0.3, 0.4) is 0 Å². The van der Waals surface area contributed by atoms with Gasteiger partial charge in [0.2, 0.25) is 0 Å². The number of anilines is 1. The van der Waals surface area contributed by atoms with Gasteiger partial charge in [-0.2, -0.15) is 0 Å². The number of benzene rings is 1. The van der Waals surface area contributed by atoms with E-state index in [0.717, 1.165) is 24.2 Å². The van der Waals surface area contributed by atoms with Crippen molar-refractivity contribution in [1.82, 2.24) is 5.32 Å². The molecule has 0 radical (unpaired) electrons. The van der Waals surface area contributed by atoms with E-state index in [1.165, 1.54) is 5.56 Å². The molecule has 0 aromatic heterocycles. The first kappa shape index (κ1) is 12.0. The Bertz CT molecular complexity index is 432. The Kier molecular flexibility index (Phi) is 3.09. The van der Waals surface area contributed by atoms with Crippen LogP contribution in [0.15, 0.2) is 18.2 Å². The second kappa shape index (κ2) is 4.40. The Hall–Kier alpha value is -1.51. The highest BCUT2D eigenvalue weighted by molar-refractivity contribution is 5.95. The zero-order valence-electron chi connectivity index (χ0n) is 10.8. The maximum Gasteiger partial charge on any atom is 0.251 e. The lowest BCUT2D eigenvalue weighted by atomic mass is 9.97. The normalized spacial score (nSPS) is 14.1. The summed E-state index contributed by atoms with van der Waals surface area (Å²) in [7, 11) is 0. The highest BCUT2D eigenvalue weighted by Crippen LogP contribution is 2.23. The Morgan fingerprint density at radius 2 is 2.18 bits per heavy atom. The molecular weight excluding hydrogens is 212 g/mol. The molecule has 0 unspecified atom stereocenters. The van der Waals surface area contributed by atoms with Gasteiger partial charge in [-0.25, -0.2) is 0 Å². The topological polar surface area (TPSA) is 41.1 Å². The van der Waals surface area contributed by atoms with Crippen LogP contribution in [0.4, 0.5) is 5.69 Å². The molecule has 1 amide bonds. The monoisotopic (exact) mass is 232 g/mol. The molecule has 1 heterocycles. The van der Waals surface area contributed by atoms with Gasteiger partial charge < -0.3 is 10.6 Å². The summed E-state index contributed by atoms with van der Waals surface area (Å²) < 4.78 is 0. The number of nitrogens with one attached hydrogen (secondary N) is 2. The molecule has 0 atom stereocenters. The molecule has 1 aromatic rings.